The Hall–Kier alpha value is -2.23. The SMILES string of the molecule is Cc1ccc(-c2ccc(F)cc2)c([N+](=O)[O-])c1. The van der Waals surface area contributed by atoms with Crippen molar-refractivity contribution in [2.75, 3.05) is 0 Å². The second kappa shape index (κ2) is 4.33. The highest BCUT2D eigenvalue weighted by Gasteiger charge is 2.14. The molecule has 0 aromatic heterocycles. The minimum Gasteiger partial charge on any atom is -0.258 e. The number of halogens is 1. The summed E-state index contributed by atoms with van der Waals surface area (Å²) in [4.78, 5) is 10.5. The first-order chi connectivity index (χ1) is 8.08. The van der Waals surface area contributed by atoms with Crippen molar-refractivity contribution in [1.82, 2.24) is 0 Å². The minimum absolute atomic E-state index is 0.0385. The monoisotopic (exact) mass is 231 g/mol. The molecule has 2 rings (SSSR count). The van der Waals surface area contributed by atoms with Crippen LogP contribution in [-0.2, 0) is 0 Å². The van der Waals surface area contributed by atoms with Crippen molar-refractivity contribution in [2.24, 2.45) is 0 Å². The Bertz CT molecular complexity index is 564. The normalized spacial score (nSPS) is 10.2. The van der Waals surface area contributed by atoms with Crippen LogP contribution >= 0.6 is 0 Å². The lowest BCUT2D eigenvalue weighted by Crippen LogP contribution is -1.92. The zero-order valence-corrected chi connectivity index (χ0v) is 9.18. The number of benzene rings is 2. The zero-order valence-electron chi connectivity index (χ0n) is 9.18. The first kappa shape index (κ1) is 11.3. The molecule has 0 saturated carbocycles. The molecular formula is C13H10FNO2. The van der Waals surface area contributed by atoms with Crippen LogP contribution in [0, 0.1) is 22.9 Å². The molecule has 0 N–H and O–H groups in total. The molecule has 0 saturated heterocycles. The lowest BCUT2D eigenvalue weighted by Gasteiger charge is -2.04. The third-order valence-electron chi connectivity index (χ3n) is 2.51. The molecule has 3 nitrogen and oxygen atoms in total. The van der Waals surface area contributed by atoms with Gasteiger partial charge in [0.05, 0.1) is 10.5 Å². The van der Waals surface area contributed by atoms with E-state index in [4.69, 9.17) is 0 Å². The van der Waals surface area contributed by atoms with Crippen molar-refractivity contribution in [3.8, 4) is 11.1 Å². The molecule has 0 atom stereocenters. The smallest absolute Gasteiger partial charge is 0.258 e. The summed E-state index contributed by atoms with van der Waals surface area (Å²) in [5.74, 6) is -0.358. The summed E-state index contributed by atoms with van der Waals surface area (Å²) < 4.78 is 12.8. The Labute approximate surface area is 97.7 Å². The van der Waals surface area contributed by atoms with Crippen LogP contribution in [0.2, 0.25) is 0 Å². The van der Waals surface area contributed by atoms with E-state index in [0.29, 0.717) is 11.1 Å². The predicted molar refractivity (Wildman–Crippen MR) is 63.2 cm³/mol. The van der Waals surface area contributed by atoms with E-state index in [1.165, 1.54) is 30.3 Å². The lowest BCUT2D eigenvalue weighted by atomic mass is 10.0. The third kappa shape index (κ3) is 2.30. The summed E-state index contributed by atoms with van der Waals surface area (Å²) in [6.45, 7) is 1.79. The van der Waals surface area contributed by atoms with Crippen LogP contribution in [0.5, 0.6) is 0 Å². The van der Waals surface area contributed by atoms with Crippen LogP contribution in [-0.4, -0.2) is 4.92 Å². The number of hydrogen-bond acceptors (Lipinski definition) is 2. The van der Waals surface area contributed by atoms with E-state index in [1.54, 1.807) is 19.1 Å². The van der Waals surface area contributed by atoms with Gasteiger partial charge < -0.3 is 0 Å². The van der Waals surface area contributed by atoms with Gasteiger partial charge in [-0.15, -0.1) is 0 Å². The topological polar surface area (TPSA) is 43.1 Å². The van der Waals surface area contributed by atoms with Gasteiger partial charge in [0, 0.05) is 6.07 Å². The van der Waals surface area contributed by atoms with Gasteiger partial charge in [0.2, 0.25) is 0 Å². The van der Waals surface area contributed by atoms with E-state index in [2.05, 4.69) is 0 Å². The Kier molecular flexibility index (Phi) is 2.87. The maximum atomic E-state index is 12.8. The van der Waals surface area contributed by atoms with Crippen molar-refractivity contribution in [3.63, 3.8) is 0 Å². The van der Waals surface area contributed by atoms with Gasteiger partial charge in [-0.05, 0) is 36.2 Å². The maximum Gasteiger partial charge on any atom is 0.277 e. The summed E-state index contributed by atoms with van der Waals surface area (Å²) in [5, 5.41) is 10.9. The van der Waals surface area contributed by atoms with Crippen molar-refractivity contribution in [1.29, 1.82) is 0 Å². The summed E-state index contributed by atoms with van der Waals surface area (Å²) in [6, 6.07) is 10.6. The predicted octanol–water partition coefficient (Wildman–Crippen LogP) is 3.71. The molecular weight excluding hydrogens is 221 g/mol. The van der Waals surface area contributed by atoms with E-state index >= 15 is 0 Å². The Morgan fingerprint density at radius 2 is 1.76 bits per heavy atom. The number of nitro groups is 1. The molecule has 0 bridgehead atoms. The molecule has 0 aliphatic carbocycles. The van der Waals surface area contributed by atoms with Crippen LogP contribution in [0.25, 0.3) is 11.1 Å². The molecule has 0 aliphatic rings. The number of nitro benzene ring substituents is 1. The van der Waals surface area contributed by atoms with E-state index in [0.717, 1.165) is 5.56 Å². The molecule has 2 aromatic carbocycles. The average molecular weight is 231 g/mol. The molecule has 0 aliphatic heterocycles. The number of aryl methyl sites for hydroxylation is 1. The second-order valence-electron chi connectivity index (χ2n) is 3.78. The third-order valence-corrected chi connectivity index (χ3v) is 2.51. The molecule has 86 valence electrons. The summed E-state index contributed by atoms with van der Waals surface area (Å²) in [7, 11) is 0. The first-order valence-electron chi connectivity index (χ1n) is 5.09. The van der Waals surface area contributed by atoms with Gasteiger partial charge in [0.1, 0.15) is 5.82 Å². The molecule has 0 heterocycles. The van der Waals surface area contributed by atoms with Crippen molar-refractivity contribution in [3.05, 3.63) is 64.0 Å². The largest absolute Gasteiger partial charge is 0.277 e. The molecule has 2 aromatic rings. The van der Waals surface area contributed by atoms with Crippen molar-refractivity contribution < 1.29 is 9.31 Å². The molecule has 0 unspecified atom stereocenters. The maximum absolute atomic E-state index is 12.8. The Morgan fingerprint density at radius 3 is 2.35 bits per heavy atom. The van der Waals surface area contributed by atoms with Gasteiger partial charge in [-0.25, -0.2) is 4.39 Å². The highest BCUT2D eigenvalue weighted by Crippen LogP contribution is 2.30. The van der Waals surface area contributed by atoms with Crippen LogP contribution in [0.1, 0.15) is 5.56 Å². The van der Waals surface area contributed by atoms with Crippen LogP contribution < -0.4 is 0 Å². The van der Waals surface area contributed by atoms with Crippen LogP contribution in [0.3, 0.4) is 0 Å². The van der Waals surface area contributed by atoms with E-state index in [9.17, 15) is 14.5 Å². The van der Waals surface area contributed by atoms with Crippen molar-refractivity contribution >= 4 is 5.69 Å². The van der Waals surface area contributed by atoms with Gasteiger partial charge in [0.15, 0.2) is 0 Å². The standard InChI is InChI=1S/C13H10FNO2/c1-9-2-7-12(13(8-9)15(16)17)10-3-5-11(14)6-4-10/h2-8H,1H3. The summed E-state index contributed by atoms with van der Waals surface area (Å²) in [5.41, 5.74) is 2.00. The Morgan fingerprint density at radius 1 is 1.12 bits per heavy atom. The van der Waals surface area contributed by atoms with Gasteiger partial charge >= 0.3 is 0 Å². The first-order valence-corrected chi connectivity index (χ1v) is 5.09. The van der Waals surface area contributed by atoms with E-state index in [1.807, 2.05) is 0 Å². The molecule has 4 heteroatoms. The fourth-order valence-corrected chi connectivity index (χ4v) is 1.67. The number of nitrogens with zero attached hydrogens (tertiary/aromatic N) is 1. The van der Waals surface area contributed by atoms with Gasteiger partial charge in [-0.3, -0.25) is 10.1 Å². The Balaban J connectivity index is 2.58. The average Bonchev–Trinajstić information content (AvgIpc) is 2.30. The van der Waals surface area contributed by atoms with Gasteiger partial charge in [0.25, 0.3) is 5.69 Å². The van der Waals surface area contributed by atoms with Gasteiger partial charge in [-0.2, -0.15) is 0 Å². The van der Waals surface area contributed by atoms with Crippen molar-refractivity contribution in [2.45, 2.75) is 6.92 Å². The van der Waals surface area contributed by atoms with Gasteiger partial charge in [-0.1, -0.05) is 18.2 Å². The molecule has 17 heavy (non-hydrogen) atoms. The molecule has 0 spiro atoms. The molecule has 0 radical (unpaired) electrons. The molecule has 0 fully saturated rings. The van der Waals surface area contributed by atoms with E-state index < -0.39 is 4.92 Å². The lowest BCUT2D eigenvalue weighted by molar-refractivity contribution is -0.384. The summed E-state index contributed by atoms with van der Waals surface area (Å²) in [6.07, 6.45) is 0. The van der Waals surface area contributed by atoms with Crippen LogP contribution in [0.15, 0.2) is 42.5 Å². The summed E-state index contributed by atoms with van der Waals surface area (Å²) >= 11 is 0. The highest BCUT2D eigenvalue weighted by molar-refractivity contribution is 5.73. The van der Waals surface area contributed by atoms with E-state index in [-0.39, 0.29) is 11.5 Å². The molecule has 0 amide bonds. The second-order valence-corrected chi connectivity index (χ2v) is 3.78. The zero-order chi connectivity index (χ0) is 12.4. The fraction of sp³-hybridized carbons (Fsp3) is 0.0769. The minimum atomic E-state index is -0.425. The number of hydrogen-bond donors (Lipinski definition) is 0. The van der Waals surface area contributed by atoms with Crippen LogP contribution in [0.4, 0.5) is 10.1 Å². The fourth-order valence-electron chi connectivity index (χ4n) is 1.67. The quantitative estimate of drug-likeness (QED) is 0.584. The highest BCUT2D eigenvalue weighted by atomic mass is 19.1. The number of rotatable bonds is 2.